The maximum Gasteiger partial charge on any atom is 0.261 e. The van der Waals surface area contributed by atoms with E-state index in [4.69, 9.17) is 4.74 Å². The molecule has 0 unspecified atom stereocenters. The summed E-state index contributed by atoms with van der Waals surface area (Å²) in [6.45, 7) is 4.49. The van der Waals surface area contributed by atoms with Gasteiger partial charge in [-0.15, -0.1) is 0 Å². The summed E-state index contributed by atoms with van der Waals surface area (Å²) in [6, 6.07) is 7.08. The van der Waals surface area contributed by atoms with Crippen molar-refractivity contribution in [1.29, 1.82) is 0 Å². The van der Waals surface area contributed by atoms with E-state index in [1.807, 2.05) is 0 Å². The number of amides is 2. The highest BCUT2D eigenvalue weighted by molar-refractivity contribution is 6.21. The average molecular weight is 345 g/mol. The fourth-order valence-corrected chi connectivity index (χ4v) is 3.18. The normalized spacial score (nSPS) is 13.6. The van der Waals surface area contributed by atoms with Crippen molar-refractivity contribution in [2.45, 2.75) is 64.7 Å². The Bertz CT molecular complexity index is 521. The lowest BCUT2D eigenvalue weighted by atomic mass is 10.1. The van der Waals surface area contributed by atoms with Crippen LogP contribution in [0.5, 0.6) is 0 Å². The van der Waals surface area contributed by atoms with Gasteiger partial charge in [0.05, 0.1) is 11.1 Å². The first kappa shape index (κ1) is 19.6. The van der Waals surface area contributed by atoms with E-state index in [2.05, 4.69) is 6.92 Å². The number of hydrogen-bond donors (Lipinski definition) is 0. The van der Waals surface area contributed by atoms with Crippen molar-refractivity contribution in [3.8, 4) is 0 Å². The van der Waals surface area contributed by atoms with Crippen LogP contribution < -0.4 is 0 Å². The first-order valence-electron chi connectivity index (χ1n) is 9.78. The van der Waals surface area contributed by atoms with Crippen molar-refractivity contribution in [1.82, 2.24) is 4.90 Å². The van der Waals surface area contributed by atoms with Crippen molar-refractivity contribution >= 4 is 11.8 Å². The van der Waals surface area contributed by atoms with E-state index >= 15 is 0 Å². The topological polar surface area (TPSA) is 46.6 Å². The molecule has 0 N–H and O–H groups in total. The minimum Gasteiger partial charge on any atom is -0.381 e. The molecule has 4 heteroatoms. The van der Waals surface area contributed by atoms with Crippen LogP contribution in [-0.2, 0) is 4.74 Å². The predicted octanol–water partition coefficient (Wildman–Crippen LogP) is 4.83. The summed E-state index contributed by atoms with van der Waals surface area (Å²) in [6.07, 6.45) is 10.3. The Kier molecular flexibility index (Phi) is 8.67. The second-order valence-electron chi connectivity index (χ2n) is 6.75. The van der Waals surface area contributed by atoms with E-state index < -0.39 is 0 Å². The Morgan fingerprint density at radius 1 is 0.760 bits per heavy atom. The number of fused-ring (bicyclic) bond motifs is 1. The van der Waals surface area contributed by atoms with Crippen LogP contribution in [0.3, 0.4) is 0 Å². The van der Waals surface area contributed by atoms with Gasteiger partial charge in [0.25, 0.3) is 11.8 Å². The Morgan fingerprint density at radius 2 is 1.28 bits per heavy atom. The third-order valence-corrected chi connectivity index (χ3v) is 4.69. The Balaban J connectivity index is 1.49. The zero-order valence-corrected chi connectivity index (χ0v) is 15.5. The number of carbonyl (C=O) groups is 2. The molecule has 0 bridgehead atoms. The molecule has 1 aromatic carbocycles. The maximum absolute atomic E-state index is 12.2. The van der Waals surface area contributed by atoms with Crippen molar-refractivity contribution in [3.63, 3.8) is 0 Å². The number of carbonyl (C=O) groups excluding carboxylic acids is 2. The lowest BCUT2D eigenvalue weighted by molar-refractivity contribution is 0.0651. The van der Waals surface area contributed by atoms with Crippen LogP contribution in [0.15, 0.2) is 24.3 Å². The highest BCUT2D eigenvalue weighted by Crippen LogP contribution is 2.22. The third-order valence-electron chi connectivity index (χ3n) is 4.69. The van der Waals surface area contributed by atoms with E-state index in [0.717, 1.165) is 45.3 Å². The zero-order valence-electron chi connectivity index (χ0n) is 15.5. The van der Waals surface area contributed by atoms with Gasteiger partial charge in [-0.2, -0.15) is 0 Å². The predicted molar refractivity (Wildman–Crippen MR) is 99.9 cm³/mol. The number of nitrogens with zero attached hydrogens (tertiary/aromatic N) is 1. The van der Waals surface area contributed by atoms with Crippen LogP contribution in [0.2, 0.25) is 0 Å². The van der Waals surface area contributed by atoms with Crippen LogP contribution >= 0.6 is 0 Å². The first-order valence-corrected chi connectivity index (χ1v) is 9.78. The Labute approximate surface area is 151 Å². The minimum atomic E-state index is -0.142. The van der Waals surface area contributed by atoms with E-state index in [-0.39, 0.29) is 11.8 Å². The largest absolute Gasteiger partial charge is 0.381 e. The average Bonchev–Trinajstić information content (AvgIpc) is 2.87. The summed E-state index contributed by atoms with van der Waals surface area (Å²) < 4.78 is 5.63. The van der Waals surface area contributed by atoms with Crippen LogP contribution in [0, 0.1) is 0 Å². The summed E-state index contributed by atoms with van der Waals surface area (Å²) in [5.41, 5.74) is 1.09. The van der Waals surface area contributed by atoms with Gasteiger partial charge >= 0.3 is 0 Å². The Morgan fingerprint density at radius 3 is 1.88 bits per heavy atom. The lowest BCUT2D eigenvalue weighted by Gasteiger charge is -2.13. The number of benzene rings is 1. The number of ether oxygens (including phenoxy) is 1. The molecule has 2 rings (SSSR count). The summed E-state index contributed by atoms with van der Waals surface area (Å²) in [7, 11) is 0. The molecule has 0 atom stereocenters. The zero-order chi connectivity index (χ0) is 17.9. The van der Waals surface area contributed by atoms with Gasteiger partial charge in [0.15, 0.2) is 0 Å². The number of unbranched alkanes of at least 4 members (excludes halogenated alkanes) is 7. The summed E-state index contributed by atoms with van der Waals surface area (Å²) in [5.74, 6) is -0.283. The van der Waals surface area contributed by atoms with Crippen molar-refractivity contribution in [2.24, 2.45) is 0 Å². The summed E-state index contributed by atoms with van der Waals surface area (Å²) >= 11 is 0. The van der Waals surface area contributed by atoms with Gasteiger partial charge in [-0.25, -0.2) is 0 Å². The van der Waals surface area contributed by atoms with Crippen LogP contribution in [0.1, 0.15) is 85.4 Å². The molecule has 0 aromatic heterocycles. The molecule has 1 heterocycles. The Hall–Kier alpha value is -1.68. The summed E-state index contributed by atoms with van der Waals surface area (Å²) in [4.78, 5) is 25.8. The molecule has 4 nitrogen and oxygen atoms in total. The lowest BCUT2D eigenvalue weighted by Crippen LogP contribution is -2.30. The van der Waals surface area contributed by atoms with Crippen molar-refractivity contribution in [3.05, 3.63) is 35.4 Å². The molecule has 0 aliphatic carbocycles. The molecule has 25 heavy (non-hydrogen) atoms. The van der Waals surface area contributed by atoms with Gasteiger partial charge < -0.3 is 4.74 Å². The molecular weight excluding hydrogens is 314 g/mol. The number of hydrogen-bond acceptors (Lipinski definition) is 3. The third kappa shape index (κ3) is 5.96. The minimum absolute atomic E-state index is 0.142. The highest BCUT2D eigenvalue weighted by atomic mass is 16.5. The van der Waals surface area contributed by atoms with E-state index in [0.29, 0.717) is 17.7 Å². The van der Waals surface area contributed by atoms with Crippen LogP contribution in [-0.4, -0.2) is 36.5 Å². The molecular formula is C21H31NO3. The number of imide groups is 1. The molecule has 1 aliphatic rings. The van der Waals surface area contributed by atoms with Gasteiger partial charge in [-0.3, -0.25) is 14.5 Å². The fourth-order valence-electron chi connectivity index (χ4n) is 3.18. The van der Waals surface area contributed by atoms with Crippen molar-refractivity contribution < 1.29 is 14.3 Å². The standard InChI is InChI=1S/C21H31NO3/c1-2-3-4-11-16-25-17-12-7-5-6-10-15-22-20(23)18-13-8-9-14-19(18)21(22)24/h8-9,13-14H,2-7,10-12,15-17H2,1H3. The van der Waals surface area contributed by atoms with Crippen LogP contribution in [0.25, 0.3) is 0 Å². The van der Waals surface area contributed by atoms with E-state index in [1.165, 1.54) is 30.6 Å². The molecule has 0 saturated heterocycles. The fraction of sp³-hybridized carbons (Fsp3) is 0.619. The molecule has 138 valence electrons. The smallest absolute Gasteiger partial charge is 0.261 e. The first-order chi connectivity index (χ1) is 12.3. The van der Waals surface area contributed by atoms with Gasteiger partial charge in [0.1, 0.15) is 0 Å². The van der Waals surface area contributed by atoms with Gasteiger partial charge in [-0.1, -0.05) is 57.6 Å². The molecule has 0 fully saturated rings. The number of rotatable bonds is 13. The van der Waals surface area contributed by atoms with Crippen LogP contribution in [0.4, 0.5) is 0 Å². The highest BCUT2D eigenvalue weighted by Gasteiger charge is 2.34. The molecule has 0 spiro atoms. The van der Waals surface area contributed by atoms with Gasteiger partial charge in [-0.05, 0) is 31.4 Å². The molecule has 1 aliphatic heterocycles. The molecule has 2 amide bonds. The SMILES string of the molecule is CCCCCCOCCCCCCCN1C(=O)c2ccccc2C1=O. The molecule has 0 saturated carbocycles. The second-order valence-corrected chi connectivity index (χ2v) is 6.75. The summed E-state index contributed by atoms with van der Waals surface area (Å²) in [5, 5.41) is 0. The van der Waals surface area contributed by atoms with E-state index in [1.54, 1.807) is 24.3 Å². The van der Waals surface area contributed by atoms with E-state index in [9.17, 15) is 9.59 Å². The van der Waals surface area contributed by atoms with Gasteiger partial charge in [0, 0.05) is 19.8 Å². The van der Waals surface area contributed by atoms with Gasteiger partial charge in [0.2, 0.25) is 0 Å². The maximum atomic E-state index is 12.2. The van der Waals surface area contributed by atoms with Crippen molar-refractivity contribution in [2.75, 3.05) is 19.8 Å². The second kappa shape index (κ2) is 11.0. The molecule has 1 aromatic rings. The monoisotopic (exact) mass is 345 g/mol. The quantitative estimate of drug-likeness (QED) is 0.380. The molecule has 0 radical (unpaired) electrons.